The van der Waals surface area contributed by atoms with E-state index in [2.05, 4.69) is 175 Å². The quantitative estimate of drug-likeness (QED) is 0.0418. The molecule has 0 N–H and O–H groups in total. The van der Waals surface area contributed by atoms with Crippen LogP contribution in [0.2, 0.25) is 72.5 Å². The zero-order valence-electron chi connectivity index (χ0n) is 46.0. The van der Waals surface area contributed by atoms with Gasteiger partial charge in [0.25, 0.3) is 0 Å². The molecule has 9 heteroatoms. The summed E-state index contributed by atoms with van der Waals surface area (Å²) in [5.74, 6) is 9.44. The van der Waals surface area contributed by atoms with E-state index in [1.807, 2.05) is 6.08 Å². The number of hydrogen-bond acceptors (Lipinski definition) is 5. The zero-order valence-corrected chi connectivity index (χ0v) is 50.0. The molecule has 0 amide bonds. The summed E-state index contributed by atoms with van der Waals surface area (Å²) in [5.41, 5.74) is 1.91. The molecule has 0 radical (unpaired) electrons. The van der Waals surface area contributed by atoms with Crippen molar-refractivity contribution in [2.45, 2.75) is 271 Å². The Balaban J connectivity index is 2.39. The fourth-order valence-corrected chi connectivity index (χ4v) is 16.8. The summed E-state index contributed by atoms with van der Waals surface area (Å²) in [6, 6.07) is 3.66. The monoisotopic (exact) mass is 947 g/mol. The van der Waals surface area contributed by atoms with Crippen molar-refractivity contribution < 1.29 is 22.4 Å². The van der Waals surface area contributed by atoms with E-state index in [4.69, 9.17) is 22.4 Å². The van der Waals surface area contributed by atoms with E-state index in [1.54, 1.807) is 5.57 Å². The second-order valence-electron chi connectivity index (χ2n) is 25.6. The molecule has 0 aromatic heterocycles. The van der Waals surface area contributed by atoms with Gasteiger partial charge in [0.15, 0.2) is 33.3 Å². The van der Waals surface area contributed by atoms with Gasteiger partial charge in [-0.15, -0.1) is 6.58 Å². The minimum absolute atomic E-state index is 0.0275. The minimum Gasteiger partial charge on any atom is -0.417 e. The van der Waals surface area contributed by atoms with E-state index < -0.39 is 33.3 Å². The van der Waals surface area contributed by atoms with Crippen molar-refractivity contribution in [1.29, 1.82) is 0 Å². The third kappa shape index (κ3) is 16.2. The van der Waals surface area contributed by atoms with E-state index in [0.717, 1.165) is 24.7 Å². The predicted molar refractivity (Wildman–Crippen MR) is 286 cm³/mol. The molecule has 368 valence electrons. The van der Waals surface area contributed by atoms with E-state index in [1.165, 1.54) is 63.1 Å². The van der Waals surface area contributed by atoms with Crippen LogP contribution in [0.3, 0.4) is 0 Å². The van der Waals surface area contributed by atoms with Gasteiger partial charge in [-0.2, -0.15) is 0 Å². The summed E-state index contributed by atoms with van der Waals surface area (Å²) >= 11 is 0. The van der Waals surface area contributed by atoms with Gasteiger partial charge >= 0.3 is 0 Å². The lowest BCUT2D eigenvalue weighted by Crippen LogP contribution is -2.53. The van der Waals surface area contributed by atoms with Crippen LogP contribution in [0.5, 0.6) is 0 Å². The maximum atomic E-state index is 7.36. The highest BCUT2D eigenvalue weighted by Crippen LogP contribution is 2.60. The molecule has 0 aromatic rings. The average molecular weight is 948 g/mol. The van der Waals surface area contributed by atoms with E-state index in [0.29, 0.717) is 31.0 Å². The molecule has 5 nitrogen and oxygen atoms in total. The Hall–Kier alpha value is -0.292. The van der Waals surface area contributed by atoms with Crippen molar-refractivity contribution >= 4 is 33.3 Å². The first-order valence-electron chi connectivity index (χ1n) is 25.8. The van der Waals surface area contributed by atoms with Gasteiger partial charge in [0.2, 0.25) is 0 Å². The summed E-state index contributed by atoms with van der Waals surface area (Å²) in [7, 11) is -7.89. The molecule has 2 aliphatic carbocycles. The summed E-state index contributed by atoms with van der Waals surface area (Å²) < 4.78 is 35.1. The van der Waals surface area contributed by atoms with Crippen molar-refractivity contribution in [1.82, 2.24) is 0 Å². The number of fused-ring (bicyclic) bond motifs is 1. The molecular weight excluding hydrogens is 841 g/mol. The van der Waals surface area contributed by atoms with Crippen molar-refractivity contribution in [3.05, 3.63) is 24.3 Å². The van der Waals surface area contributed by atoms with E-state index >= 15 is 0 Å². The number of hydrogen-bond donors (Lipinski definition) is 0. The highest BCUT2D eigenvalue weighted by Gasteiger charge is 2.51. The highest BCUT2D eigenvalue weighted by molar-refractivity contribution is 6.75. The summed E-state index contributed by atoms with van der Waals surface area (Å²) in [6.45, 7) is 57.3. The maximum absolute atomic E-state index is 7.36. The predicted octanol–water partition coefficient (Wildman–Crippen LogP) is 16.9. The molecule has 63 heavy (non-hydrogen) atoms. The van der Waals surface area contributed by atoms with Crippen LogP contribution in [0.15, 0.2) is 24.3 Å². The molecule has 0 aromatic carbocycles. The van der Waals surface area contributed by atoms with Crippen LogP contribution in [0.25, 0.3) is 0 Å². The van der Waals surface area contributed by atoms with Gasteiger partial charge in [0.05, 0.1) is 17.8 Å². The van der Waals surface area contributed by atoms with Crippen LogP contribution in [-0.4, -0.2) is 70.4 Å². The second kappa shape index (κ2) is 23.3. The molecule has 7 atom stereocenters. The molecule has 0 spiro atoms. The van der Waals surface area contributed by atoms with Gasteiger partial charge in [-0.3, -0.25) is 0 Å². The minimum atomic E-state index is -2.23. The topological polar surface area (TPSA) is 46.2 Å². The van der Waals surface area contributed by atoms with Gasteiger partial charge in [0, 0.05) is 19.6 Å². The smallest absolute Gasteiger partial charge is 0.193 e. The Morgan fingerprint density at radius 1 is 0.778 bits per heavy atom. The van der Waals surface area contributed by atoms with Crippen LogP contribution in [0, 0.1) is 35.0 Å². The molecule has 2 fully saturated rings. The third-order valence-electron chi connectivity index (χ3n) is 17.5. The third-order valence-corrected chi connectivity index (χ3v) is 35.9. The second-order valence-corrected chi connectivity index (χ2v) is 44.6. The lowest BCUT2D eigenvalue weighted by Gasteiger charge is -2.45. The Bertz CT molecular complexity index is 1490. The van der Waals surface area contributed by atoms with Crippen LogP contribution < -0.4 is 0 Å². The fourth-order valence-electron chi connectivity index (χ4n) is 9.93. The SMILES string of the molecule is C=C[C@@H](O[Si](C)(C)C(C)(C)C)[C@H](OCCCO[Si](C)(C)C(C)(C)C)[C@@H](CC#C/C=C1\CCC[C@]2(C)[C@@H]([C@H](C)CCCC(C)(C)O[Si](CC)(CC)CC)CC[C@@H]12)O[Si](C)(C)C(C)(C)C. The van der Waals surface area contributed by atoms with Crippen LogP contribution >= 0.6 is 0 Å². The van der Waals surface area contributed by atoms with Crippen molar-refractivity contribution in [2.24, 2.45) is 23.2 Å². The Kier molecular flexibility index (Phi) is 21.8. The standard InChI is InChI=1S/C54H106O5Si4/c1-24-47(57-61(20,21)51(9,10)11)49(55-41-32-42-56-60(18,19)50(6,7)8)48(58-62(22,23)52(12,13)14)36-29-28-34-44-35-31-40-54(17)45(37-38-46(44)54)43(5)33-30-39-53(15,16)59-63(25-2,26-3)27-4/h24,34,43,45-49H,1,25-27,30-33,35-42H2,2-23H3/b44-34+/t43-,45-,46+,47-,48-,49+,54-/m1/s1. The summed E-state index contributed by atoms with van der Waals surface area (Å²) in [6.07, 6.45) is 14.9. The average Bonchev–Trinajstić information content (AvgIpc) is 3.52. The zero-order chi connectivity index (χ0) is 48.5. The van der Waals surface area contributed by atoms with Gasteiger partial charge in [-0.05, 0) is 161 Å². The van der Waals surface area contributed by atoms with Gasteiger partial charge in [-0.1, -0.05) is 133 Å². The molecule has 2 rings (SSSR count). The van der Waals surface area contributed by atoms with Crippen molar-refractivity contribution in [3.63, 3.8) is 0 Å². The molecule has 2 aliphatic rings. The Labute approximate surface area is 397 Å². The Morgan fingerprint density at radius 3 is 1.86 bits per heavy atom. The fraction of sp³-hybridized carbons (Fsp3) is 0.889. The van der Waals surface area contributed by atoms with E-state index in [-0.39, 0.29) is 39.0 Å². The lowest BCUT2D eigenvalue weighted by atomic mass is 9.60. The largest absolute Gasteiger partial charge is 0.417 e. The first kappa shape index (κ1) is 58.8. The molecule has 0 saturated heterocycles. The molecule has 2 saturated carbocycles. The first-order chi connectivity index (χ1) is 28.7. The van der Waals surface area contributed by atoms with Crippen molar-refractivity contribution in [2.75, 3.05) is 13.2 Å². The molecule has 0 heterocycles. The van der Waals surface area contributed by atoms with Crippen LogP contribution in [-0.2, 0) is 22.4 Å². The molecule has 0 bridgehead atoms. The van der Waals surface area contributed by atoms with E-state index in [9.17, 15) is 0 Å². The highest BCUT2D eigenvalue weighted by atomic mass is 28.4. The first-order valence-corrected chi connectivity index (χ1v) is 37.1. The van der Waals surface area contributed by atoms with Gasteiger partial charge < -0.3 is 22.4 Å². The molecule has 0 aliphatic heterocycles. The molecular formula is C54H106O5Si4. The summed E-state index contributed by atoms with van der Waals surface area (Å²) in [5, 5.41) is 0.248. The normalized spacial score (nSPS) is 23.5. The lowest BCUT2D eigenvalue weighted by molar-refractivity contribution is -0.0769. The van der Waals surface area contributed by atoms with Crippen LogP contribution in [0.1, 0.15) is 175 Å². The summed E-state index contributed by atoms with van der Waals surface area (Å²) in [4.78, 5) is 0. The van der Waals surface area contributed by atoms with Gasteiger partial charge in [0.1, 0.15) is 6.10 Å². The number of ether oxygens (including phenoxy) is 1. The van der Waals surface area contributed by atoms with Crippen LogP contribution in [0.4, 0.5) is 0 Å². The van der Waals surface area contributed by atoms with Crippen molar-refractivity contribution in [3.8, 4) is 11.8 Å². The number of allylic oxidation sites excluding steroid dienone is 2. The van der Waals surface area contributed by atoms with Gasteiger partial charge in [-0.25, -0.2) is 0 Å². The maximum Gasteiger partial charge on any atom is 0.193 e. The number of rotatable bonds is 24. The Morgan fingerprint density at radius 2 is 1.33 bits per heavy atom. The molecule has 0 unspecified atom stereocenters.